The molecule has 2 aromatic heterocycles. The lowest BCUT2D eigenvalue weighted by Crippen LogP contribution is -2.06. The zero-order valence-corrected chi connectivity index (χ0v) is 14.5. The maximum Gasteiger partial charge on any atom is 0.263 e. The predicted octanol–water partition coefficient (Wildman–Crippen LogP) is 2.90. The average molecular weight is 341 g/mol. The van der Waals surface area contributed by atoms with Crippen LogP contribution < -0.4 is 14.9 Å². The van der Waals surface area contributed by atoms with E-state index in [2.05, 4.69) is 10.1 Å². The van der Waals surface area contributed by atoms with Crippen molar-refractivity contribution in [3.8, 4) is 34.3 Å². The number of hydrogen-bond donors (Lipinski definition) is 0. The van der Waals surface area contributed by atoms with E-state index >= 15 is 0 Å². The number of rotatable bonds is 5. The first kappa shape index (κ1) is 16.8. The van der Waals surface area contributed by atoms with Gasteiger partial charge in [-0.25, -0.2) is 0 Å². The Bertz CT molecular complexity index is 943. The van der Waals surface area contributed by atoms with Crippen molar-refractivity contribution in [3.05, 3.63) is 46.9 Å². The molecule has 0 fully saturated rings. The lowest BCUT2D eigenvalue weighted by atomic mass is 10.2. The van der Waals surface area contributed by atoms with Crippen LogP contribution in [0.1, 0.15) is 13.8 Å². The summed E-state index contributed by atoms with van der Waals surface area (Å²) in [5, 5.41) is 3.97. The highest BCUT2D eigenvalue weighted by Gasteiger charge is 2.16. The van der Waals surface area contributed by atoms with Crippen molar-refractivity contribution in [2.24, 2.45) is 7.05 Å². The zero-order chi connectivity index (χ0) is 18.0. The third-order valence-corrected chi connectivity index (χ3v) is 3.50. The summed E-state index contributed by atoms with van der Waals surface area (Å²) < 4.78 is 18.1. The SMILES string of the molecule is COc1cc(-c2noc(-c3cn(C)ccc3=O)n2)ccc1OC(C)C. The van der Waals surface area contributed by atoms with Crippen molar-refractivity contribution in [1.82, 2.24) is 14.7 Å². The minimum Gasteiger partial charge on any atom is -0.493 e. The quantitative estimate of drug-likeness (QED) is 0.710. The van der Waals surface area contributed by atoms with E-state index in [9.17, 15) is 4.79 Å². The van der Waals surface area contributed by atoms with E-state index in [-0.39, 0.29) is 17.4 Å². The summed E-state index contributed by atoms with van der Waals surface area (Å²) >= 11 is 0. The van der Waals surface area contributed by atoms with Gasteiger partial charge in [0.2, 0.25) is 5.82 Å². The first-order chi connectivity index (χ1) is 12.0. The molecule has 0 atom stereocenters. The minimum absolute atomic E-state index is 0.0332. The minimum atomic E-state index is -0.174. The monoisotopic (exact) mass is 341 g/mol. The van der Waals surface area contributed by atoms with Crippen molar-refractivity contribution in [2.45, 2.75) is 20.0 Å². The topological polar surface area (TPSA) is 79.4 Å². The molecular formula is C18H19N3O4. The first-order valence-electron chi connectivity index (χ1n) is 7.83. The lowest BCUT2D eigenvalue weighted by Gasteiger charge is -2.13. The third-order valence-electron chi connectivity index (χ3n) is 3.50. The van der Waals surface area contributed by atoms with Crippen LogP contribution in [0.25, 0.3) is 22.8 Å². The summed E-state index contributed by atoms with van der Waals surface area (Å²) in [7, 11) is 3.39. The van der Waals surface area contributed by atoms with Gasteiger partial charge in [0.15, 0.2) is 16.9 Å². The fourth-order valence-electron chi connectivity index (χ4n) is 2.35. The highest BCUT2D eigenvalue weighted by Crippen LogP contribution is 2.32. The Balaban J connectivity index is 1.97. The molecule has 0 aliphatic carbocycles. The van der Waals surface area contributed by atoms with E-state index < -0.39 is 0 Å². The number of aromatic nitrogens is 3. The zero-order valence-electron chi connectivity index (χ0n) is 14.5. The number of nitrogens with zero attached hydrogens (tertiary/aromatic N) is 3. The summed E-state index contributed by atoms with van der Waals surface area (Å²) in [4.78, 5) is 16.3. The summed E-state index contributed by atoms with van der Waals surface area (Å²) in [5.41, 5.74) is 0.887. The van der Waals surface area contributed by atoms with Gasteiger partial charge in [-0.3, -0.25) is 4.79 Å². The molecule has 7 nitrogen and oxygen atoms in total. The van der Waals surface area contributed by atoms with E-state index in [1.165, 1.54) is 6.07 Å². The lowest BCUT2D eigenvalue weighted by molar-refractivity contribution is 0.230. The van der Waals surface area contributed by atoms with Gasteiger partial charge in [-0.05, 0) is 32.0 Å². The van der Waals surface area contributed by atoms with E-state index in [0.717, 1.165) is 0 Å². The molecule has 2 heterocycles. The summed E-state index contributed by atoms with van der Waals surface area (Å²) in [6, 6.07) is 6.85. The van der Waals surface area contributed by atoms with Gasteiger partial charge in [0.1, 0.15) is 5.56 Å². The van der Waals surface area contributed by atoms with Crippen LogP contribution >= 0.6 is 0 Å². The molecule has 0 N–H and O–H groups in total. The Labute approximate surface area is 144 Å². The molecule has 0 saturated heterocycles. The number of hydrogen-bond acceptors (Lipinski definition) is 6. The van der Waals surface area contributed by atoms with Crippen LogP contribution in [-0.4, -0.2) is 27.9 Å². The highest BCUT2D eigenvalue weighted by atomic mass is 16.5. The normalized spacial score (nSPS) is 10.9. The Morgan fingerprint density at radius 3 is 2.72 bits per heavy atom. The molecule has 7 heteroatoms. The third kappa shape index (κ3) is 3.55. The predicted molar refractivity (Wildman–Crippen MR) is 92.7 cm³/mol. The molecular weight excluding hydrogens is 322 g/mol. The Morgan fingerprint density at radius 2 is 2.00 bits per heavy atom. The molecule has 0 spiro atoms. The molecule has 0 radical (unpaired) electrons. The fourth-order valence-corrected chi connectivity index (χ4v) is 2.35. The molecule has 3 aromatic rings. The molecule has 25 heavy (non-hydrogen) atoms. The van der Waals surface area contributed by atoms with Gasteiger partial charge in [0.05, 0.1) is 13.2 Å². The molecule has 130 valence electrons. The Kier molecular flexibility index (Phi) is 4.56. The molecule has 0 bridgehead atoms. The van der Waals surface area contributed by atoms with Gasteiger partial charge >= 0.3 is 0 Å². The van der Waals surface area contributed by atoms with E-state index in [1.54, 1.807) is 36.2 Å². The largest absolute Gasteiger partial charge is 0.493 e. The number of benzene rings is 1. The van der Waals surface area contributed by atoms with Crippen LogP contribution in [-0.2, 0) is 7.05 Å². The average Bonchev–Trinajstić information content (AvgIpc) is 3.06. The van der Waals surface area contributed by atoms with Gasteiger partial charge in [-0.2, -0.15) is 4.98 Å². The second kappa shape index (κ2) is 6.80. The highest BCUT2D eigenvalue weighted by molar-refractivity contribution is 5.63. The van der Waals surface area contributed by atoms with E-state index in [1.807, 2.05) is 27.0 Å². The fraction of sp³-hybridized carbons (Fsp3) is 0.278. The van der Waals surface area contributed by atoms with Crippen LogP contribution in [0.3, 0.4) is 0 Å². The Morgan fingerprint density at radius 1 is 1.20 bits per heavy atom. The number of methoxy groups -OCH3 is 1. The molecule has 0 aliphatic heterocycles. The van der Waals surface area contributed by atoms with Crippen molar-refractivity contribution in [3.63, 3.8) is 0 Å². The molecule has 0 aliphatic rings. The molecule has 0 saturated carbocycles. The van der Waals surface area contributed by atoms with Crippen LogP contribution in [0.2, 0.25) is 0 Å². The molecule has 0 unspecified atom stereocenters. The van der Waals surface area contributed by atoms with E-state index in [0.29, 0.717) is 28.5 Å². The van der Waals surface area contributed by atoms with Crippen LogP contribution in [0, 0.1) is 0 Å². The van der Waals surface area contributed by atoms with Crippen molar-refractivity contribution >= 4 is 0 Å². The summed E-state index contributed by atoms with van der Waals surface area (Å²) in [5.74, 6) is 1.77. The van der Waals surface area contributed by atoms with Crippen LogP contribution in [0.5, 0.6) is 11.5 Å². The van der Waals surface area contributed by atoms with Crippen molar-refractivity contribution in [1.29, 1.82) is 0 Å². The standard InChI is InChI=1S/C18H19N3O4/c1-11(2)24-15-6-5-12(9-16(15)23-4)17-19-18(25-20-17)13-10-21(3)8-7-14(13)22/h5-11H,1-4H3. The van der Waals surface area contributed by atoms with Gasteiger partial charge in [0, 0.05) is 31.1 Å². The van der Waals surface area contributed by atoms with Crippen LogP contribution in [0.15, 0.2) is 46.0 Å². The first-order valence-corrected chi connectivity index (χ1v) is 7.83. The summed E-state index contributed by atoms with van der Waals surface area (Å²) in [6.45, 7) is 3.89. The smallest absolute Gasteiger partial charge is 0.263 e. The summed E-state index contributed by atoms with van der Waals surface area (Å²) in [6.07, 6.45) is 3.35. The number of pyridine rings is 1. The number of aryl methyl sites for hydroxylation is 1. The van der Waals surface area contributed by atoms with Crippen molar-refractivity contribution < 1.29 is 14.0 Å². The van der Waals surface area contributed by atoms with Gasteiger partial charge in [0.25, 0.3) is 5.89 Å². The van der Waals surface area contributed by atoms with Gasteiger partial charge in [-0.1, -0.05) is 5.16 Å². The second-order valence-corrected chi connectivity index (χ2v) is 5.84. The van der Waals surface area contributed by atoms with Gasteiger partial charge in [-0.15, -0.1) is 0 Å². The van der Waals surface area contributed by atoms with Crippen molar-refractivity contribution in [2.75, 3.05) is 7.11 Å². The molecule has 0 amide bonds. The number of ether oxygens (including phenoxy) is 2. The Hall–Kier alpha value is -3.09. The van der Waals surface area contributed by atoms with Crippen LogP contribution in [0.4, 0.5) is 0 Å². The van der Waals surface area contributed by atoms with Gasteiger partial charge < -0.3 is 18.6 Å². The maximum atomic E-state index is 12.0. The maximum absolute atomic E-state index is 12.0. The molecule has 1 aromatic carbocycles. The molecule has 3 rings (SSSR count). The second-order valence-electron chi connectivity index (χ2n) is 5.84. The van der Waals surface area contributed by atoms with E-state index in [4.69, 9.17) is 14.0 Å².